The van der Waals surface area contributed by atoms with E-state index in [0.717, 1.165) is 11.3 Å². The molecule has 0 saturated carbocycles. The average molecular weight is 292 g/mol. The van der Waals surface area contributed by atoms with Crippen LogP contribution in [-0.2, 0) is 21.2 Å². The maximum Gasteiger partial charge on any atom is 0.304 e. The van der Waals surface area contributed by atoms with Crippen LogP contribution in [0.3, 0.4) is 0 Å². The molecule has 0 aromatic carbocycles. The maximum atomic E-state index is 11.6. The lowest BCUT2D eigenvalue weighted by molar-refractivity contribution is -0.136. The van der Waals surface area contributed by atoms with E-state index in [1.807, 2.05) is 6.92 Å². The van der Waals surface area contributed by atoms with Crippen molar-refractivity contribution < 1.29 is 18.3 Å². The van der Waals surface area contributed by atoms with Gasteiger partial charge in [-0.1, -0.05) is 6.92 Å². The van der Waals surface area contributed by atoms with Crippen molar-refractivity contribution in [1.29, 1.82) is 0 Å². The molecular formula is C10H16N2O4S2. The van der Waals surface area contributed by atoms with Crippen molar-refractivity contribution in [3.8, 4) is 0 Å². The first-order valence-corrected chi connectivity index (χ1v) is 7.97. The molecule has 1 rings (SSSR count). The van der Waals surface area contributed by atoms with Crippen molar-refractivity contribution in [1.82, 2.24) is 9.71 Å². The Hall–Kier alpha value is -0.990. The highest BCUT2D eigenvalue weighted by molar-refractivity contribution is 7.89. The van der Waals surface area contributed by atoms with Gasteiger partial charge in [0.05, 0.1) is 18.2 Å². The van der Waals surface area contributed by atoms with Crippen molar-refractivity contribution in [2.24, 2.45) is 0 Å². The summed E-state index contributed by atoms with van der Waals surface area (Å²) in [5, 5.41) is 9.15. The molecule has 8 heteroatoms. The maximum absolute atomic E-state index is 11.6. The zero-order valence-electron chi connectivity index (χ0n) is 10.2. The lowest BCUT2D eigenvalue weighted by Gasteiger charge is -2.10. The number of thiazole rings is 1. The van der Waals surface area contributed by atoms with Gasteiger partial charge in [0.1, 0.15) is 5.01 Å². The van der Waals surface area contributed by atoms with Gasteiger partial charge < -0.3 is 5.11 Å². The number of rotatable bonds is 7. The van der Waals surface area contributed by atoms with Gasteiger partial charge in [0.2, 0.25) is 10.0 Å². The van der Waals surface area contributed by atoms with Gasteiger partial charge in [-0.3, -0.25) is 4.79 Å². The minimum Gasteiger partial charge on any atom is -0.481 e. The molecule has 0 aliphatic heterocycles. The number of nitrogens with zero attached hydrogens (tertiary/aromatic N) is 1. The Morgan fingerprint density at radius 3 is 2.78 bits per heavy atom. The van der Waals surface area contributed by atoms with E-state index in [1.165, 1.54) is 11.3 Å². The molecule has 102 valence electrons. The molecular weight excluding hydrogens is 276 g/mol. The Balaban J connectivity index is 2.63. The number of hydrogen-bond acceptors (Lipinski definition) is 5. The van der Waals surface area contributed by atoms with Gasteiger partial charge in [-0.2, -0.15) is 0 Å². The summed E-state index contributed by atoms with van der Waals surface area (Å²) in [6.07, 6.45) is 2.18. The Bertz CT molecular complexity index is 510. The fourth-order valence-electron chi connectivity index (χ4n) is 1.29. The molecule has 0 spiro atoms. The number of nitrogens with one attached hydrogen (secondary N) is 1. The Labute approximate surface area is 110 Å². The van der Waals surface area contributed by atoms with E-state index < -0.39 is 34.2 Å². The third-order valence-electron chi connectivity index (χ3n) is 2.23. The highest BCUT2D eigenvalue weighted by Crippen LogP contribution is 2.20. The predicted molar refractivity (Wildman–Crippen MR) is 69.1 cm³/mol. The summed E-state index contributed by atoms with van der Waals surface area (Å²) in [4.78, 5) is 15.6. The third-order valence-corrected chi connectivity index (χ3v) is 5.01. The topological polar surface area (TPSA) is 96.4 Å². The number of carboxylic acid groups (broad SMARTS) is 1. The molecule has 0 aliphatic rings. The van der Waals surface area contributed by atoms with Crippen LogP contribution in [0.5, 0.6) is 0 Å². The highest BCUT2D eigenvalue weighted by atomic mass is 32.2. The number of aryl methyl sites for hydroxylation is 1. The van der Waals surface area contributed by atoms with E-state index in [2.05, 4.69) is 9.71 Å². The first kappa shape index (κ1) is 15.1. The lowest BCUT2D eigenvalue weighted by Crippen LogP contribution is -2.29. The molecule has 0 amide bonds. The van der Waals surface area contributed by atoms with Crippen molar-refractivity contribution in [3.05, 3.63) is 16.1 Å². The van der Waals surface area contributed by atoms with Crippen LogP contribution in [0.1, 0.15) is 36.2 Å². The normalized spacial score (nSPS) is 13.4. The van der Waals surface area contributed by atoms with Crippen LogP contribution in [0, 0.1) is 0 Å². The van der Waals surface area contributed by atoms with E-state index in [0.29, 0.717) is 5.01 Å². The van der Waals surface area contributed by atoms with Crippen LogP contribution in [0.25, 0.3) is 0 Å². The van der Waals surface area contributed by atoms with Gasteiger partial charge in [0, 0.05) is 11.1 Å². The number of sulfonamides is 1. The first-order valence-electron chi connectivity index (χ1n) is 5.50. The van der Waals surface area contributed by atoms with Gasteiger partial charge in [0.15, 0.2) is 0 Å². The molecule has 1 atom stereocenters. The van der Waals surface area contributed by atoms with Crippen LogP contribution < -0.4 is 4.72 Å². The molecule has 1 heterocycles. The zero-order chi connectivity index (χ0) is 13.8. The van der Waals surface area contributed by atoms with Crippen molar-refractivity contribution in [2.45, 2.75) is 32.7 Å². The summed E-state index contributed by atoms with van der Waals surface area (Å²) in [6, 6.07) is -0.436. The second-order valence-corrected chi connectivity index (χ2v) is 6.84. The van der Waals surface area contributed by atoms with Crippen LogP contribution >= 0.6 is 11.3 Å². The van der Waals surface area contributed by atoms with Gasteiger partial charge in [-0.15, -0.1) is 11.3 Å². The molecule has 1 aromatic rings. The van der Waals surface area contributed by atoms with Crippen molar-refractivity contribution >= 4 is 27.3 Å². The van der Waals surface area contributed by atoms with Gasteiger partial charge in [-0.25, -0.2) is 18.1 Å². The molecule has 2 N–H and O–H groups in total. The average Bonchev–Trinajstić information content (AvgIpc) is 2.74. The van der Waals surface area contributed by atoms with E-state index >= 15 is 0 Å². The number of carboxylic acids is 1. The third kappa shape index (κ3) is 4.71. The van der Waals surface area contributed by atoms with Gasteiger partial charge in [0.25, 0.3) is 0 Å². The molecule has 6 nitrogen and oxygen atoms in total. The Kier molecular flexibility index (Phi) is 5.24. The second kappa shape index (κ2) is 6.26. The quantitative estimate of drug-likeness (QED) is 0.786. The number of aromatic nitrogens is 1. The SMILES string of the molecule is CCc1cnc(C(C)NS(=O)(=O)CCC(=O)O)s1. The summed E-state index contributed by atoms with van der Waals surface area (Å²) < 4.78 is 25.6. The summed E-state index contributed by atoms with van der Waals surface area (Å²) in [6.45, 7) is 3.69. The fraction of sp³-hybridized carbons (Fsp3) is 0.600. The van der Waals surface area contributed by atoms with E-state index in [9.17, 15) is 13.2 Å². The van der Waals surface area contributed by atoms with Crippen LogP contribution in [0.4, 0.5) is 0 Å². The number of carbonyl (C=O) groups is 1. The highest BCUT2D eigenvalue weighted by Gasteiger charge is 2.19. The van der Waals surface area contributed by atoms with Crippen LogP contribution in [0.15, 0.2) is 6.20 Å². The Morgan fingerprint density at radius 1 is 1.61 bits per heavy atom. The Morgan fingerprint density at radius 2 is 2.28 bits per heavy atom. The van der Waals surface area contributed by atoms with Crippen LogP contribution in [0.2, 0.25) is 0 Å². The van der Waals surface area contributed by atoms with E-state index in [1.54, 1.807) is 13.1 Å². The molecule has 0 aliphatic carbocycles. The number of aliphatic carboxylic acids is 1. The van der Waals surface area contributed by atoms with Crippen LogP contribution in [-0.4, -0.2) is 30.2 Å². The number of hydrogen-bond donors (Lipinski definition) is 2. The van der Waals surface area contributed by atoms with Crippen molar-refractivity contribution in [3.63, 3.8) is 0 Å². The second-order valence-electron chi connectivity index (χ2n) is 3.82. The minimum absolute atomic E-state index is 0.403. The van der Waals surface area contributed by atoms with Gasteiger partial charge >= 0.3 is 5.97 Å². The molecule has 0 fully saturated rings. The van der Waals surface area contributed by atoms with Crippen molar-refractivity contribution in [2.75, 3.05) is 5.75 Å². The fourth-order valence-corrected chi connectivity index (χ4v) is 3.43. The smallest absolute Gasteiger partial charge is 0.304 e. The molecule has 18 heavy (non-hydrogen) atoms. The lowest BCUT2D eigenvalue weighted by atomic mass is 10.4. The molecule has 0 bridgehead atoms. The molecule has 1 unspecified atom stereocenters. The molecule has 0 saturated heterocycles. The van der Waals surface area contributed by atoms with E-state index in [4.69, 9.17) is 5.11 Å². The monoisotopic (exact) mass is 292 g/mol. The largest absolute Gasteiger partial charge is 0.481 e. The summed E-state index contributed by atoms with van der Waals surface area (Å²) in [7, 11) is -3.59. The summed E-state index contributed by atoms with van der Waals surface area (Å²) in [5.74, 6) is -1.55. The predicted octanol–water partition coefficient (Wildman–Crippen LogP) is 1.16. The minimum atomic E-state index is -3.59. The zero-order valence-corrected chi connectivity index (χ0v) is 11.8. The molecule has 1 aromatic heterocycles. The standard InChI is InChI=1S/C10H16N2O4S2/c1-3-8-6-11-10(17-8)7(2)12-18(15,16)5-4-9(13)14/h6-7,12H,3-5H2,1-2H3,(H,13,14). The van der Waals surface area contributed by atoms with E-state index in [-0.39, 0.29) is 0 Å². The summed E-state index contributed by atoms with van der Waals surface area (Å²) in [5.41, 5.74) is 0. The summed E-state index contributed by atoms with van der Waals surface area (Å²) >= 11 is 1.45. The first-order chi connectivity index (χ1) is 8.34. The van der Waals surface area contributed by atoms with Gasteiger partial charge in [-0.05, 0) is 13.3 Å². The molecule has 0 radical (unpaired) electrons.